The average molecular weight is 548 g/mol. The summed E-state index contributed by atoms with van der Waals surface area (Å²) in [6.45, 7) is 3.24. The van der Waals surface area contributed by atoms with E-state index in [0.29, 0.717) is 19.0 Å². The summed E-state index contributed by atoms with van der Waals surface area (Å²) in [5.41, 5.74) is -0.757. The fourth-order valence-corrected chi connectivity index (χ4v) is 4.37. The fourth-order valence-electron chi connectivity index (χ4n) is 4.37. The molecular formula is C26H30F3N6O4+. The molecule has 1 aromatic heterocycles. The van der Waals surface area contributed by atoms with E-state index in [1.165, 1.54) is 12.3 Å². The van der Waals surface area contributed by atoms with Crippen LogP contribution in [-0.4, -0.2) is 53.5 Å². The molecule has 3 aromatic rings. The van der Waals surface area contributed by atoms with Crippen LogP contribution in [0.1, 0.15) is 34.3 Å². The predicted molar refractivity (Wildman–Crippen MR) is 135 cm³/mol. The molecule has 0 spiro atoms. The topological polar surface area (TPSA) is 124 Å². The van der Waals surface area contributed by atoms with Crippen LogP contribution >= 0.6 is 0 Å². The molecule has 13 heteroatoms. The van der Waals surface area contributed by atoms with Gasteiger partial charge in [-0.3, -0.25) is 14.6 Å². The number of nitrogens with one attached hydrogen (secondary N) is 3. The van der Waals surface area contributed by atoms with Gasteiger partial charge < -0.3 is 20.6 Å². The number of anilines is 2. The van der Waals surface area contributed by atoms with Crippen molar-refractivity contribution in [1.29, 1.82) is 0 Å². The Balaban J connectivity index is 1.36. The van der Waals surface area contributed by atoms with Crippen molar-refractivity contribution in [1.82, 2.24) is 15.5 Å². The number of halogens is 3. The van der Waals surface area contributed by atoms with E-state index in [1.54, 1.807) is 28.9 Å². The first-order valence-corrected chi connectivity index (χ1v) is 12.5. The van der Waals surface area contributed by atoms with Gasteiger partial charge in [-0.15, -0.1) is 0 Å². The molecule has 0 unspecified atom stereocenters. The molecule has 208 valence electrons. The number of aliphatic hydroxyl groups excluding tert-OH is 1. The molecule has 10 nitrogen and oxygen atoms in total. The number of urea groups is 1. The first-order chi connectivity index (χ1) is 18.7. The number of nitrogens with zero attached hydrogens (tertiary/aromatic N) is 3. The first kappa shape index (κ1) is 28.0. The highest BCUT2D eigenvalue weighted by molar-refractivity contribution is 6.01. The van der Waals surface area contributed by atoms with Crippen LogP contribution in [0.15, 0.2) is 59.3 Å². The van der Waals surface area contributed by atoms with Gasteiger partial charge in [-0.05, 0) is 49.7 Å². The Morgan fingerprint density at radius 3 is 2.54 bits per heavy atom. The molecule has 0 aliphatic carbocycles. The second-order valence-electron chi connectivity index (χ2n) is 9.34. The summed E-state index contributed by atoms with van der Waals surface area (Å²) >= 11 is 0. The number of hydrogen-bond acceptors (Lipinski definition) is 6. The van der Waals surface area contributed by atoms with Gasteiger partial charge in [0.25, 0.3) is 12.1 Å². The standard InChI is InChI=1S/C26H29F3N6O4/c27-26(28,29)21-12-20(24(37)30-15-18-4-2-1-3-5-18)13-22(14-21)31-25(38)32-23-17-35(33-39-23)16-19-6-8-34(9-7-19)10-11-36/h1-5,12-14,17,19,36H,6-11,15-16H2,(H2-,30,31,32,33,37,38)/p+1. The number of aromatic nitrogens is 2. The summed E-state index contributed by atoms with van der Waals surface area (Å²) < 4.78 is 47.2. The van der Waals surface area contributed by atoms with Gasteiger partial charge in [-0.1, -0.05) is 35.0 Å². The van der Waals surface area contributed by atoms with Gasteiger partial charge in [-0.2, -0.15) is 13.2 Å². The van der Waals surface area contributed by atoms with Gasteiger partial charge >= 0.3 is 18.1 Å². The highest BCUT2D eigenvalue weighted by Crippen LogP contribution is 2.32. The van der Waals surface area contributed by atoms with E-state index in [0.717, 1.165) is 43.6 Å². The lowest BCUT2D eigenvalue weighted by molar-refractivity contribution is -0.767. The molecule has 0 radical (unpaired) electrons. The van der Waals surface area contributed by atoms with E-state index < -0.39 is 23.7 Å². The highest BCUT2D eigenvalue weighted by atomic mass is 19.4. The number of carbonyl (C=O) groups is 2. The van der Waals surface area contributed by atoms with E-state index in [9.17, 15) is 22.8 Å². The van der Waals surface area contributed by atoms with E-state index in [1.807, 2.05) is 6.07 Å². The van der Waals surface area contributed by atoms with Gasteiger partial charge in [0.1, 0.15) is 0 Å². The molecule has 2 aromatic carbocycles. The van der Waals surface area contributed by atoms with Crippen molar-refractivity contribution in [2.45, 2.75) is 32.1 Å². The Kier molecular flexibility index (Phi) is 9.15. The van der Waals surface area contributed by atoms with Gasteiger partial charge in [0, 0.05) is 30.3 Å². The van der Waals surface area contributed by atoms with E-state index in [2.05, 4.69) is 26.1 Å². The molecule has 3 amide bonds. The van der Waals surface area contributed by atoms with Crippen LogP contribution in [0.3, 0.4) is 0 Å². The second-order valence-corrected chi connectivity index (χ2v) is 9.34. The summed E-state index contributed by atoms with van der Waals surface area (Å²) in [6, 6.07) is 10.7. The van der Waals surface area contributed by atoms with Gasteiger partial charge in [0.2, 0.25) is 5.27 Å². The normalized spacial score (nSPS) is 14.7. The van der Waals surface area contributed by atoms with E-state index in [4.69, 9.17) is 9.63 Å². The number of aliphatic hydroxyl groups is 1. The van der Waals surface area contributed by atoms with Crippen LogP contribution in [0, 0.1) is 5.92 Å². The van der Waals surface area contributed by atoms with Crippen molar-refractivity contribution in [3.63, 3.8) is 0 Å². The first-order valence-electron chi connectivity index (χ1n) is 12.5. The molecule has 0 saturated carbocycles. The molecule has 4 rings (SSSR count). The average Bonchev–Trinajstić information content (AvgIpc) is 3.34. The number of β-amino-alcohol motifs (C(OH)–C–C–N with tert-alkyl or cyclic N) is 1. The number of alkyl halides is 3. The summed E-state index contributed by atoms with van der Waals surface area (Å²) in [4.78, 5) is 27.3. The molecule has 1 aliphatic heterocycles. The van der Waals surface area contributed by atoms with Crippen molar-refractivity contribution in [2.75, 3.05) is 36.9 Å². The minimum Gasteiger partial charge on any atom is -0.395 e. The van der Waals surface area contributed by atoms with Gasteiger partial charge in [0.05, 0.1) is 12.2 Å². The SMILES string of the molecule is O=C(Nc1cc(C(=O)NCc2ccccc2)cc(C(F)(F)F)c1)Nc1c[n+](CC2CCN(CCO)CC2)no1. The summed E-state index contributed by atoms with van der Waals surface area (Å²) in [7, 11) is 0. The fraction of sp³-hybridized carbons (Fsp3) is 0.385. The van der Waals surface area contributed by atoms with Crippen LogP contribution in [-0.2, 0) is 19.3 Å². The maximum Gasteiger partial charge on any atom is 0.416 e. The Hall–Kier alpha value is -3.97. The van der Waals surface area contributed by atoms with E-state index in [-0.39, 0.29) is 30.3 Å². The third-order valence-corrected chi connectivity index (χ3v) is 6.39. The van der Waals surface area contributed by atoms with Crippen LogP contribution in [0.5, 0.6) is 0 Å². The van der Waals surface area contributed by atoms with Crippen LogP contribution in [0.2, 0.25) is 0 Å². The minimum absolute atomic E-state index is 0.0121. The van der Waals surface area contributed by atoms with Crippen molar-refractivity contribution >= 4 is 23.5 Å². The maximum absolute atomic E-state index is 13.5. The van der Waals surface area contributed by atoms with Crippen molar-refractivity contribution < 1.29 is 37.1 Å². The van der Waals surface area contributed by atoms with Crippen LogP contribution in [0.25, 0.3) is 0 Å². The third kappa shape index (κ3) is 8.26. The number of piperidine rings is 1. The Morgan fingerprint density at radius 2 is 1.85 bits per heavy atom. The minimum atomic E-state index is -4.73. The summed E-state index contributed by atoms with van der Waals surface area (Å²) in [5.74, 6) is -0.349. The number of rotatable bonds is 9. The lowest BCUT2D eigenvalue weighted by atomic mass is 9.97. The van der Waals surface area contributed by atoms with Crippen molar-refractivity contribution in [3.05, 3.63) is 71.4 Å². The van der Waals surface area contributed by atoms with Crippen LogP contribution < -0.4 is 20.6 Å². The second kappa shape index (κ2) is 12.7. The van der Waals surface area contributed by atoms with Crippen molar-refractivity contribution in [2.24, 2.45) is 5.92 Å². The van der Waals surface area contributed by atoms with Gasteiger partial charge in [0.15, 0.2) is 6.54 Å². The Labute approximate surface area is 222 Å². The molecule has 4 N–H and O–H groups in total. The number of carbonyl (C=O) groups excluding carboxylic acids is 2. The van der Waals surface area contributed by atoms with Gasteiger partial charge in [-0.25, -0.2) is 4.79 Å². The molecule has 0 atom stereocenters. The van der Waals surface area contributed by atoms with Crippen molar-refractivity contribution in [3.8, 4) is 0 Å². The monoisotopic (exact) mass is 547 g/mol. The number of benzene rings is 2. The quantitative estimate of drug-likeness (QED) is 0.305. The molecule has 1 aliphatic rings. The molecular weight excluding hydrogens is 517 g/mol. The lowest BCUT2D eigenvalue weighted by Gasteiger charge is -2.29. The third-order valence-electron chi connectivity index (χ3n) is 6.39. The molecule has 1 fully saturated rings. The molecule has 2 heterocycles. The molecule has 1 saturated heterocycles. The molecule has 39 heavy (non-hydrogen) atoms. The van der Waals surface area contributed by atoms with Crippen LogP contribution in [0.4, 0.5) is 29.5 Å². The number of hydrogen-bond donors (Lipinski definition) is 4. The summed E-state index contributed by atoms with van der Waals surface area (Å²) in [6.07, 6.45) is -1.37. The van der Waals surface area contributed by atoms with E-state index >= 15 is 0 Å². The Bertz CT molecular complexity index is 1260. The number of amides is 3. The zero-order valence-electron chi connectivity index (χ0n) is 21.1. The smallest absolute Gasteiger partial charge is 0.395 e. The predicted octanol–water partition coefficient (Wildman–Crippen LogP) is 3.26. The maximum atomic E-state index is 13.5. The number of likely N-dealkylation sites (tertiary alicyclic amines) is 1. The zero-order valence-corrected chi connectivity index (χ0v) is 21.1. The largest absolute Gasteiger partial charge is 0.416 e. The highest BCUT2D eigenvalue weighted by Gasteiger charge is 2.32. The zero-order chi connectivity index (χ0) is 27.8. The summed E-state index contributed by atoms with van der Waals surface area (Å²) in [5, 5.41) is 20.3. The lowest BCUT2D eigenvalue weighted by Crippen LogP contribution is -2.43. The molecule has 0 bridgehead atoms. The Morgan fingerprint density at radius 1 is 1.10 bits per heavy atom.